The van der Waals surface area contributed by atoms with E-state index >= 15 is 0 Å². The molecular formula is C14H11F5N2O4S2. The van der Waals surface area contributed by atoms with Crippen molar-refractivity contribution in [1.82, 2.24) is 4.72 Å². The van der Waals surface area contributed by atoms with Crippen LogP contribution < -0.4 is 9.44 Å². The van der Waals surface area contributed by atoms with Gasteiger partial charge in [0.15, 0.2) is 0 Å². The lowest BCUT2D eigenvalue weighted by Crippen LogP contribution is -2.33. The lowest BCUT2D eigenvalue weighted by atomic mass is 10.3. The lowest BCUT2D eigenvalue weighted by molar-refractivity contribution is -0.121. The third kappa shape index (κ3) is 5.61. The highest BCUT2D eigenvalue weighted by molar-refractivity contribution is 7.92. The number of anilines is 1. The van der Waals surface area contributed by atoms with Gasteiger partial charge in [-0.05, 0) is 36.4 Å². The Bertz CT molecular complexity index is 1040. The Morgan fingerprint density at radius 3 is 1.96 bits per heavy atom. The summed E-state index contributed by atoms with van der Waals surface area (Å²) in [4.78, 5) is -1.38. The Labute approximate surface area is 151 Å². The average molecular weight is 430 g/mol. The number of sulfonamides is 2. The second-order valence-electron chi connectivity index (χ2n) is 5.14. The molecule has 0 aromatic heterocycles. The topological polar surface area (TPSA) is 92.3 Å². The van der Waals surface area contributed by atoms with E-state index < -0.39 is 54.2 Å². The fourth-order valence-electron chi connectivity index (χ4n) is 1.87. The number of hydrogen-bond donors (Lipinski definition) is 2. The Balaban J connectivity index is 2.20. The SMILES string of the molecule is O=S(=O)(NCC(F)(F)F)c1ccc(NS(=O)(=O)c2ccc(F)cc2F)cc1. The minimum Gasteiger partial charge on any atom is -0.280 e. The molecule has 0 aliphatic heterocycles. The molecule has 27 heavy (non-hydrogen) atoms. The summed E-state index contributed by atoms with van der Waals surface area (Å²) in [5.74, 6) is -2.31. The molecule has 0 heterocycles. The van der Waals surface area contributed by atoms with E-state index in [-0.39, 0.29) is 5.69 Å². The summed E-state index contributed by atoms with van der Waals surface area (Å²) in [5.41, 5.74) is -0.187. The largest absolute Gasteiger partial charge is 0.402 e. The van der Waals surface area contributed by atoms with Crippen LogP contribution in [0.1, 0.15) is 0 Å². The maximum atomic E-state index is 13.6. The van der Waals surface area contributed by atoms with E-state index in [9.17, 15) is 38.8 Å². The molecule has 0 radical (unpaired) electrons. The monoisotopic (exact) mass is 430 g/mol. The summed E-state index contributed by atoms with van der Waals surface area (Å²) in [5, 5.41) is 0. The Morgan fingerprint density at radius 1 is 0.852 bits per heavy atom. The molecule has 0 aliphatic carbocycles. The summed E-state index contributed by atoms with van der Waals surface area (Å²) >= 11 is 0. The lowest BCUT2D eigenvalue weighted by Gasteiger charge is -2.11. The van der Waals surface area contributed by atoms with Crippen molar-refractivity contribution in [2.45, 2.75) is 16.0 Å². The average Bonchev–Trinajstić information content (AvgIpc) is 2.52. The van der Waals surface area contributed by atoms with E-state index in [1.165, 1.54) is 4.72 Å². The minimum atomic E-state index is -4.75. The summed E-state index contributed by atoms with van der Waals surface area (Å²) < 4.78 is 114. The van der Waals surface area contributed by atoms with Gasteiger partial charge in [0.2, 0.25) is 10.0 Å². The number of hydrogen-bond acceptors (Lipinski definition) is 4. The Hall–Kier alpha value is -2.25. The number of nitrogens with one attached hydrogen (secondary N) is 2. The van der Waals surface area contributed by atoms with Crippen LogP contribution in [-0.2, 0) is 20.0 Å². The van der Waals surface area contributed by atoms with Gasteiger partial charge in [0.1, 0.15) is 23.1 Å². The predicted molar refractivity (Wildman–Crippen MR) is 84.9 cm³/mol. The Morgan fingerprint density at radius 2 is 1.44 bits per heavy atom. The van der Waals surface area contributed by atoms with E-state index in [0.29, 0.717) is 12.1 Å². The number of alkyl halides is 3. The molecule has 0 bridgehead atoms. The van der Waals surface area contributed by atoms with Gasteiger partial charge in [0, 0.05) is 11.8 Å². The summed E-state index contributed by atoms with van der Waals surface area (Å²) in [7, 11) is -8.91. The molecule has 0 saturated carbocycles. The molecular weight excluding hydrogens is 419 g/mol. The molecule has 0 unspecified atom stereocenters. The number of rotatable bonds is 6. The molecule has 0 spiro atoms. The van der Waals surface area contributed by atoms with Crippen molar-refractivity contribution in [3.63, 3.8) is 0 Å². The highest BCUT2D eigenvalue weighted by Gasteiger charge is 2.30. The van der Waals surface area contributed by atoms with Gasteiger partial charge >= 0.3 is 6.18 Å². The standard InChI is InChI=1S/C14H11F5N2O4S2/c15-9-1-6-13(12(16)7-9)27(24,25)21-10-2-4-11(5-3-10)26(22,23)20-8-14(17,18)19/h1-7,20-21H,8H2. The van der Waals surface area contributed by atoms with Gasteiger partial charge in [-0.2, -0.15) is 13.2 Å². The first-order valence-electron chi connectivity index (χ1n) is 6.94. The zero-order valence-electron chi connectivity index (χ0n) is 13.1. The van der Waals surface area contributed by atoms with Gasteiger partial charge in [-0.15, -0.1) is 0 Å². The molecule has 13 heteroatoms. The fourth-order valence-corrected chi connectivity index (χ4v) is 4.00. The summed E-state index contributed by atoms with van der Waals surface area (Å²) in [6, 6.07) is 5.44. The normalized spacial score (nSPS) is 12.8. The molecule has 0 saturated heterocycles. The van der Waals surface area contributed by atoms with Gasteiger partial charge in [-0.25, -0.2) is 30.3 Å². The predicted octanol–water partition coefficient (Wildman–Crippen LogP) is 2.61. The summed E-state index contributed by atoms with van der Waals surface area (Å²) in [6.07, 6.45) is -4.75. The first kappa shape index (κ1) is 21.1. The minimum absolute atomic E-state index is 0.187. The van der Waals surface area contributed by atoms with Crippen LogP contribution in [0.4, 0.5) is 27.6 Å². The second-order valence-corrected chi connectivity index (χ2v) is 8.56. The van der Waals surface area contributed by atoms with Gasteiger partial charge in [-0.1, -0.05) is 0 Å². The van der Waals surface area contributed by atoms with Crippen molar-refractivity contribution in [1.29, 1.82) is 0 Å². The van der Waals surface area contributed by atoms with E-state index in [0.717, 1.165) is 30.3 Å². The number of benzene rings is 2. The quantitative estimate of drug-likeness (QED) is 0.690. The van der Waals surface area contributed by atoms with Gasteiger partial charge in [-0.3, -0.25) is 4.72 Å². The highest BCUT2D eigenvalue weighted by Crippen LogP contribution is 2.21. The third-order valence-corrected chi connectivity index (χ3v) is 5.89. The van der Waals surface area contributed by atoms with Crippen molar-refractivity contribution in [2.24, 2.45) is 0 Å². The smallest absolute Gasteiger partial charge is 0.280 e. The van der Waals surface area contributed by atoms with Crippen molar-refractivity contribution < 1.29 is 38.8 Å². The van der Waals surface area contributed by atoms with Crippen LogP contribution in [0, 0.1) is 11.6 Å². The zero-order valence-corrected chi connectivity index (χ0v) is 14.7. The highest BCUT2D eigenvalue weighted by atomic mass is 32.2. The van der Waals surface area contributed by atoms with Crippen molar-refractivity contribution in [3.05, 3.63) is 54.1 Å². The van der Waals surface area contributed by atoms with Gasteiger partial charge in [0.05, 0.1) is 4.90 Å². The molecule has 0 amide bonds. The van der Waals surface area contributed by atoms with Crippen LogP contribution in [0.15, 0.2) is 52.3 Å². The van der Waals surface area contributed by atoms with Crippen molar-refractivity contribution in [3.8, 4) is 0 Å². The first-order chi connectivity index (χ1) is 12.3. The zero-order chi connectivity index (χ0) is 20.5. The van der Waals surface area contributed by atoms with Crippen LogP contribution in [0.2, 0.25) is 0 Å². The van der Waals surface area contributed by atoms with E-state index in [2.05, 4.69) is 0 Å². The van der Waals surface area contributed by atoms with Crippen LogP contribution >= 0.6 is 0 Å². The van der Waals surface area contributed by atoms with E-state index in [1.807, 2.05) is 4.72 Å². The second kappa shape index (κ2) is 7.40. The first-order valence-corrected chi connectivity index (χ1v) is 9.91. The van der Waals surface area contributed by atoms with E-state index in [1.54, 1.807) is 0 Å². The molecule has 0 fully saturated rings. The van der Waals surface area contributed by atoms with Crippen LogP contribution in [0.5, 0.6) is 0 Å². The maximum absolute atomic E-state index is 13.6. The maximum Gasteiger partial charge on any atom is 0.402 e. The van der Waals surface area contributed by atoms with E-state index in [4.69, 9.17) is 0 Å². The molecule has 2 aromatic rings. The molecule has 2 N–H and O–H groups in total. The van der Waals surface area contributed by atoms with Crippen molar-refractivity contribution in [2.75, 3.05) is 11.3 Å². The summed E-state index contributed by atoms with van der Waals surface area (Å²) in [6.45, 7) is -1.77. The van der Waals surface area contributed by atoms with Crippen LogP contribution in [-0.4, -0.2) is 29.6 Å². The molecule has 6 nitrogen and oxygen atoms in total. The third-order valence-electron chi connectivity index (χ3n) is 3.06. The number of halogens is 5. The van der Waals surface area contributed by atoms with Crippen LogP contribution in [0.3, 0.4) is 0 Å². The molecule has 0 atom stereocenters. The molecule has 0 aliphatic rings. The molecule has 2 rings (SSSR count). The Kier molecular flexibility index (Phi) is 5.77. The van der Waals surface area contributed by atoms with Gasteiger partial charge < -0.3 is 0 Å². The fraction of sp³-hybridized carbons (Fsp3) is 0.143. The van der Waals surface area contributed by atoms with Crippen LogP contribution in [0.25, 0.3) is 0 Å². The van der Waals surface area contributed by atoms with Gasteiger partial charge in [0.25, 0.3) is 10.0 Å². The molecule has 148 valence electrons. The molecule has 2 aromatic carbocycles. The van der Waals surface area contributed by atoms with Crippen molar-refractivity contribution >= 4 is 25.7 Å².